The molecular formula is C14H25N5. The van der Waals surface area contributed by atoms with E-state index in [9.17, 15) is 0 Å². The predicted octanol–water partition coefficient (Wildman–Crippen LogP) is 1.97. The molecule has 19 heavy (non-hydrogen) atoms. The van der Waals surface area contributed by atoms with Gasteiger partial charge in [-0.3, -0.25) is 0 Å². The van der Waals surface area contributed by atoms with Gasteiger partial charge in [0.2, 0.25) is 5.95 Å². The molecule has 0 radical (unpaired) electrons. The average Bonchev–Trinajstić information content (AvgIpc) is 2.40. The van der Waals surface area contributed by atoms with Crippen LogP contribution < -0.4 is 10.6 Å². The average molecular weight is 263 g/mol. The summed E-state index contributed by atoms with van der Waals surface area (Å²) in [6.07, 6.45) is 4.48. The van der Waals surface area contributed by atoms with Crippen molar-refractivity contribution in [1.82, 2.24) is 14.9 Å². The van der Waals surface area contributed by atoms with Gasteiger partial charge in [0.15, 0.2) is 0 Å². The van der Waals surface area contributed by atoms with Crippen molar-refractivity contribution in [3.05, 3.63) is 11.8 Å². The summed E-state index contributed by atoms with van der Waals surface area (Å²) in [7, 11) is 2.20. The number of aromatic nitrogens is 2. The van der Waals surface area contributed by atoms with Gasteiger partial charge in [0, 0.05) is 31.4 Å². The quantitative estimate of drug-likeness (QED) is 0.850. The Morgan fingerprint density at radius 2 is 2.26 bits per heavy atom. The molecule has 5 heteroatoms. The topological polar surface area (TPSA) is 53.1 Å². The lowest BCUT2D eigenvalue weighted by atomic mass is 9.98. The molecule has 2 rings (SSSR count). The molecule has 0 amide bonds. The summed E-state index contributed by atoms with van der Waals surface area (Å²) in [5.41, 5.74) is 1.10. The van der Waals surface area contributed by atoms with Crippen molar-refractivity contribution < 1.29 is 0 Å². The predicted molar refractivity (Wildman–Crippen MR) is 79.6 cm³/mol. The second kappa shape index (κ2) is 6.70. The SMILES string of the molecule is CCNc1ncc(C)c(NCC2CCCN(C)C2)n1. The van der Waals surface area contributed by atoms with Crippen LogP contribution in [0.2, 0.25) is 0 Å². The van der Waals surface area contributed by atoms with E-state index in [4.69, 9.17) is 0 Å². The van der Waals surface area contributed by atoms with E-state index in [0.29, 0.717) is 5.95 Å². The van der Waals surface area contributed by atoms with Crippen LogP contribution in [0.4, 0.5) is 11.8 Å². The van der Waals surface area contributed by atoms with E-state index in [1.807, 2.05) is 20.0 Å². The fourth-order valence-electron chi connectivity index (χ4n) is 2.55. The Bertz CT molecular complexity index is 407. The smallest absolute Gasteiger partial charge is 0.224 e. The Balaban J connectivity index is 1.92. The van der Waals surface area contributed by atoms with Gasteiger partial charge in [-0.15, -0.1) is 0 Å². The number of aryl methyl sites for hydroxylation is 1. The van der Waals surface area contributed by atoms with Gasteiger partial charge in [0.05, 0.1) is 0 Å². The number of anilines is 2. The maximum absolute atomic E-state index is 4.52. The molecular weight excluding hydrogens is 238 g/mol. The summed E-state index contributed by atoms with van der Waals surface area (Å²) in [5, 5.41) is 6.63. The molecule has 5 nitrogen and oxygen atoms in total. The second-order valence-corrected chi connectivity index (χ2v) is 5.41. The Morgan fingerprint density at radius 3 is 3.00 bits per heavy atom. The molecule has 2 heterocycles. The van der Waals surface area contributed by atoms with Gasteiger partial charge in [0.25, 0.3) is 0 Å². The number of nitrogens with zero attached hydrogens (tertiary/aromatic N) is 3. The van der Waals surface area contributed by atoms with Gasteiger partial charge in [-0.25, -0.2) is 4.98 Å². The third-order valence-electron chi connectivity index (χ3n) is 3.59. The molecule has 1 fully saturated rings. The van der Waals surface area contributed by atoms with Crippen molar-refractivity contribution in [2.24, 2.45) is 5.92 Å². The molecule has 1 aliphatic heterocycles. The zero-order valence-electron chi connectivity index (χ0n) is 12.2. The molecule has 106 valence electrons. The molecule has 1 aromatic rings. The maximum atomic E-state index is 4.52. The van der Waals surface area contributed by atoms with Crippen molar-refractivity contribution in [3.8, 4) is 0 Å². The van der Waals surface area contributed by atoms with Gasteiger partial charge < -0.3 is 15.5 Å². The largest absolute Gasteiger partial charge is 0.369 e. The number of hydrogen-bond donors (Lipinski definition) is 2. The summed E-state index contributed by atoms with van der Waals surface area (Å²) < 4.78 is 0. The molecule has 0 saturated carbocycles. The minimum atomic E-state index is 0.705. The molecule has 1 atom stereocenters. The lowest BCUT2D eigenvalue weighted by Gasteiger charge is -2.30. The third kappa shape index (κ3) is 4.06. The van der Waals surface area contributed by atoms with E-state index in [1.54, 1.807) is 0 Å². The molecule has 2 N–H and O–H groups in total. The first kappa shape index (κ1) is 14.1. The Morgan fingerprint density at radius 1 is 1.42 bits per heavy atom. The van der Waals surface area contributed by atoms with Crippen LogP contribution in [0, 0.1) is 12.8 Å². The van der Waals surface area contributed by atoms with Crippen molar-refractivity contribution >= 4 is 11.8 Å². The maximum Gasteiger partial charge on any atom is 0.224 e. The van der Waals surface area contributed by atoms with Crippen LogP contribution >= 0.6 is 0 Å². The van der Waals surface area contributed by atoms with Gasteiger partial charge in [-0.2, -0.15) is 4.98 Å². The minimum Gasteiger partial charge on any atom is -0.369 e. The van der Waals surface area contributed by atoms with Crippen molar-refractivity contribution in [3.63, 3.8) is 0 Å². The van der Waals surface area contributed by atoms with Gasteiger partial charge in [-0.05, 0) is 46.2 Å². The molecule has 0 bridgehead atoms. The molecule has 0 aromatic carbocycles. The molecule has 1 saturated heterocycles. The van der Waals surface area contributed by atoms with Crippen LogP contribution in [0.15, 0.2) is 6.20 Å². The van der Waals surface area contributed by atoms with Crippen LogP contribution in [-0.4, -0.2) is 48.1 Å². The Kier molecular flexibility index (Phi) is 4.96. The van der Waals surface area contributed by atoms with E-state index in [-0.39, 0.29) is 0 Å². The summed E-state index contributed by atoms with van der Waals surface area (Å²) >= 11 is 0. The number of piperidine rings is 1. The normalized spacial score (nSPS) is 20.3. The van der Waals surface area contributed by atoms with E-state index in [2.05, 4.69) is 32.5 Å². The fraction of sp³-hybridized carbons (Fsp3) is 0.714. The highest BCUT2D eigenvalue weighted by molar-refractivity contribution is 5.46. The zero-order valence-corrected chi connectivity index (χ0v) is 12.2. The zero-order chi connectivity index (χ0) is 13.7. The first-order valence-electron chi connectivity index (χ1n) is 7.19. The molecule has 1 aromatic heterocycles. The van der Waals surface area contributed by atoms with Crippen molar-refractivity contribution in [1.29, 1.82) is 0 Å². The van der Waals surface area contributed by atoms with Crippen LogP contribution in [0.5, 0.6) is 0 Å². The van der Waals surface area contributed by atoms with Crippen LogP contribution in [-0.2, 0) is 0 Å². The van der Waals surface area contributed by atoms with E-state index >= 15 is 0 Å². The van der Waals surface area contributed by atoms with Crippen LogP contribution in [0.25, 0.3) is 0 Å². The first-order chi connectivity index (χ1) is 9.19. The number of hydrogen-bond acceptors (Lipinski definition) is 5. The van der Waals surface area contributed by atoms with E-state index < -0.39 is 0 Å². The highest BCUT2D eigenvalue weighted by Gasteiger charge is 2.17. The van der Waals surface area contributed by atoms with Crippen LogP contribution in [0.1, 0.15) is 25.3 Å². The first-order valence-corrected chi connectivity index (χ1v) is 7.19. The Labute approximate surface area is 115 Å². The van der Waals surface area contributed by atoms with Gasteiger partial charge in [-0.1, -0.05) is 0 Å². The van der Waals surface area contributed by atoms with E-state index in [0.717, 1.165) is 30.4 Å². The Hall–Kier alpha value is -1.36. The lowest BCUT2D eigenvalue weighted by molar-refractivity contribution is 0.217. The monoisotopic (exact) mass is 263 g/mol. The standard InChI is InChI=1S/C14H25N5/c1-4-15-14-17-8-11(2)13(18-14)16-9-12-6-5-7-19(3)10-12/h8,12H,4-7,9-10H2,1-3H3,(H2,15,16,17,18). The highest BCUT2D eigenvalue weighted by atomic mass is 15.1. The van der Waals surface area contributed by atoms with Gasteiger partial charge >= 0.3 is 0 Å². The number of likely N-dealkylation sites (tertiary alicyclic amines) is 1. The molecule has 0 spiro atoms. The highest BCUT2D eigenvalue weighted by Crippen LogP contribution is 2.17. The lowest BCUT2D eigenvalue weighted by Crippen LogP contribution is -2.35. The minimum absolute atomic E-state index is 0.705. The van der Waals surface area contributed by atoms with Crippen molar-refractivity contribution in [2.45, 2.75) is 26.7 Å². The number of rotatable bonds is 5. The summed E-state index contributed by atoms with van der Waals surface area (Å²) in [4.78, 5) is 11.2. The molecule has 0 aliphatic carbocycles. The number of nitrogens with one attached hydrogen (secondary N) is 2. The summed E-state index contributed by atoms with van der Waals surface area (Å²) in [5.74, 6) is 2.38. The third-order valence-corrected chi connectivity index (χ3v) is 3.59. The van der Waals surface area contributed by atoms with Crippen molar-refractivity contribution in [2.75, 3.05) is 43.9 Å². The van der Waals surface area contributed by atoms with E-state index in [1.165, 1.54) is 25.9 Å². The summed E-state index contributed by atoms with van der Waals surface area (Å²) in [6, 6.07) is 0. The van der Waals surface area contributed by atoms with Gasteiger partial charge in [0.1, 0.15) is 5.82 Å². The second-order valence-electron chi connectivity index (χ2n) is 5.41. The van der Waals surface area contributed by atoms with Crippen LogP contribution in [0.3, 0.4) is 0 Å². The molecule has 1 unspecified atom stereocenters. The summed E-state index contributed by atoms with van der Waals surface area (Å²) in [6.45, 7) is 8.34. The molecule has 1 aliphatic rings. The fourth-order valence-corrected chi connectivity index (χ4v) is 2.55.